The minimum Gasteiger partial charge on any atom is -0.508 e. The van der Waals surface area contributed by atoms with Crippen LogP contribution in [0.5, 0.6) is 17.2 Å². The van der Waals surface area contributed by atoms with Gasteiger partial charge in [0.1, 0.15) is 17.2 Å². The number of hydrogen-bond donors (Lipinski definition) is 1. The highest BCUT2D eigenvalue weighted by molar-refractivity contribution is 6.07. The molecular weight excluding hydrogens is 428 g/mol. The topological polar surface area (TPSA) is 113 Å². The molecule has 2 heterocycles. The summed E-state index contributed by atoms with van der Waals surface area (Å²) in [6.45, 7) is 0. The molecule has 2 saturated heterocycles. The zero-order chi connectivity index (χ0) is 23.8. The fourth-order valence-corrected chi connectivity index (χ4v) is 6.46. The van der Waals surface area contributed by atoms with Crippen LogP contribution in [0.3, 0.4) is 0 Å². The first kappa shape index (κ1) is 21.5. The van der Waals surface area contributed by atoms with Gasteiger partial charge in [-0.25, -0.2) is 0 Å². The normalized spacial score (nSPS) is 33.0. The number of methoxy groups -OCH3 is 2. The lowest BCUT2D eigenvalue weighted by Gasteiger charge is -2.44. The minimum atomic E-state index is -0.682. The van der Waals surface area contributed by atoms with Gasteiger partial charge in [0.15, 0.2) is 0 Å². The number of carbonyl (C=O) groups excluding carboxylic acids is 4. The third kappa shape index (κ3) is 2.77. The van der Waals surface area contributed by atoms with Crippen LogP contribution in [0.4, 0.5) is 0 Å². The molecule has 0 bridgehead atoms. The lowest BCUT2D eigenvalue weighted by atomic mass is 9.57. The van der Waals surface area contributed by atoms with Gasteiger partial charge in [-0.15, -0.1) is 0 Å². The second kappa shape index (κ2) is 7.33. The summed E-state index contributed by atoms with van der Waals surface area (Å²) in [4.78, 5) is 54.5. The van der Waals surface area contributed by atoms with Crippen LogP contribution >= 0.6 is 0 Å². The molecule has 174 valence electrons. The Morgan fingerprint density at radius 1 is 0.818 bits per heavy atom. The third-order valence-corrected chi connectivity index (χ3v) is 7.93. The molecule has 1 N–H and O–H groups in total. The van der Waals surface area contributed by atoms with E-state index in [1.807, 2.05) is 6.08 Å². The molecule has 2 aliphatic heterocycles. The third-order valence-electron chi connectivity index (χ3n) is 7.93. The fraction of sp³-hybridized carbons (Fsp3) is 0.500. The van der Waals surface area contributed by atoms with Crippen molar-refractivity contribution in [1.82, 2.24) is 9.80 Å². The Morgan fingerprint density at radius 3 is 1.94 bits per heavy atom. The Kier molecular flexibility index (Phi) is 4.77. The Labute approximate surface area is 190 Å². The van der Waals surface area contributed by atoms with E-state index in [1.165, 1.54) is 45.3 Å². The van der Waals surface area contributed by atoms with Crippen LogP contribution in [-0.2, 0) is 19.2 Å². The van der Waals surface area contributed by atoms with Gasteiger partial charge in [0, 0.05) is 37.7 Å². The molecular formula is C24H26N2O7. The van der Waals surface area contributed by atoms with Crippen molar-refractivity contribution in [3.8, 4) is 17.2 Å². The number of imide groups is 2. The summed E-state index contributed by atoms with van der Waals surface area (Å²) in [6, 6.07) is 2.90. The molecule has 6 unspecified atom stereocenters. The second-order valence-corrected chi connectivity index (χ2v) is 9.26. The summed E-state index contributed by atoms with van der Waals surface area (Å²) in [5, 5.41) is 10.2. The van der Waals surface area contributed by atoms with Crippen LogP contribution in [0.2, 0.25) is 0 Å². The molecule has 1 aromatic rings. The predicted molar refractivity (Wildman–Crippen MR) is 114 cm³/mol. The van der Waals surface area contributed by atoms with Crippen molar-refractivity contribution in [3.63, 3.8) is 0 Å². The summed E-state index contributed by atoms with van der Waals surface area (Å²) in [7, 11) is 5.89. The van der Waals surface area contributed by atoms with E-state index in [1.54, 1.807) is 0 Å². The standard InChI is InChI=1S/C24H26N2O7/c1-25-21(28)12-6-5-11-13(17(12)23(25)30)9-14-19(24(31)26(2)22(14)29)18(11)20-15(32-3)7-10(27)8-16(20)33-4/h5,7-8,12-14,17-19,27H,6,9H2,1-4H3. The Bertz CT molecular complexity index is 1100. The summed E-state index contributed by atoms with van der Waals surface area (Å²) in [5.41, 5.74) is 1.41. The van der Waals surface area contributed by atoms with Crippen molar-refractivity contribution >= 4 is 23.6 Å². The highest BCUT2D eigenvalue weighted by atomic mass is 16.5. The average Bonchev–Trinajstić information content (AvgIpc) is 3.17. The molecule has 0 spiro atoms. The van der Waals surface area contributed by atoms with E-state index < -0.39 is 29.6 Å². The van der Waals surface area contributed by atoms with E-state index in [2.05, 4.69) is 0 Å². The largest absolute Gasteiger partial charge is 0.508 e. The van der Waals surface area contributed by atoms with Crippen molar-refractivity contribution in [2.75, 3.05) is 28.3 Å². The van der Waals surface area contributed by atoms with E-state index in [0.717, 1.165) is 10.5 Å². The van der Waals surface area contributed by atoms with Crippen LogP contribution in [0.15, 0.2) is 23.8 Å². The van der Waals surface area contributed by atoms with E-state index in [9.17, 15) is 24.3 Å². The molecule has 33 heavy (non-hydrogen) atoms. The molecule has 4 amide bonds. The zero-order valence-corrected chi connectivity index (χ0v) is 18.9. The molecule has 1 saturated carbocycles. The van der Waals surface area contributed by atoms with Gasteiger partial charge in [0.25, 0.3) is 0 Å². The zero-order valence-electron chi connectivity index (χ0n) is 18.9. The van der Waals surface area contributed by atoms with Gasteiger partial charge in [0.05, 0.1) is 37.9 Å². The van der Waals surface area contributed by atoms with E-state index in [-0.39, 0.29) is 35.3 Å². The van der Waals surface area contributed by atoms with Gasteiger partial charge in [0.2, 0.25) is 23.6 Å². The number of carbonyl (C=O) groups is 4. The number of phenolic OH excluding ortho intramolecular Hbond substituents is 1. The molecule has 1 aromatic carbocycles. The van der Waals surface area contributed by atoms with Gasteiger partial charge >= 0.3 is 0 Å². The number of phenols is 1. The molecule has 0 radical (unpaired) electrons. The van der Waals surface area contributed by atoms with Gasteiger partial charge in [-0.3, -0.25) is 29.0 Å². The van der Waals surface area contributed by atoms with E-state index in [4.69, 9.17) is 9.47 Å². The van der Waals surface area contributed by atoms with Gasteiger partial charge in [-0.05, 0) is 18.8 Å². The molecule has 6 atom stereocenters. The number of aromatic hydroxyl groups is 1. The summed E-state index contributed by atoms with van der Waals surface area (Å²) in [6.07, 6.45) is 2.68. The van der Waals surface area contributed by atoms with Gasteiger partial charge in [-0.2, -0.15) is 0 Å². The van der Waals surface area contributed by atoms with Crippen molar-refractivity contribution in [1.29, 1.82) is 0 Å². The van der Waals surface area contributed by atoms with Gasteiger partial charge < -0.3 is 14.6 Å². The minimum absolute atomic E-state index is 0.0572. The van der Waals surface area contributed by atoms with Crippen LogP contribution in [0, 0.1) is 29.6 Å². The predicted octanol–water partition coefficient (Wildman–Crippen LogP) is 1.30. The summed E-state index contributed by atoms with van der Waals surface area (Å²) >= 11 is 0. The van der Waals surface area contributed by atoms with Gasteiger partial charge in [-0.1, -0.05) is 11.6 Å². The number of hydrogen-bond acceptors (Lipinski definition) is 7. The average molecular weight is 454 g/mol. The number of nitrogens with zero attached hydrogens (tertiary/aromatic N) is 2. The number of benzene rings is 1. The SMILES string of the molecule is COc1cc(O)cc(OC)c1C1C2=CCC3C(=O)N(C)C(=O)C3C2CC2C(=O)N(C)C(=O)C21. The number of allylic oxidation sites excluding steroid dienone is 2. The van der Waals surface area contributed by atoms with Crippen LogP contribution < -0.4 is 9.47 Å². The maximum Gasteiger partial charge on any atom is 0.233 e. The molecule has 9 heteroatoms. The first-order chi connectivity index (χ1) is 15.7. The highest BCUT2D eigenvalue weighted by Crippen LogP contribution is 2.60. The Hall–Kier alpha value is -3.36. The molecule has 3 fully saturated rings. The number of fused-ring (bicyclic) bond motifs is 4. The summed E-state index contributed by atoms with van der Waals surface area (Å²) in [5.74, 6) is -3.67. The maximum atomic E-state index is 13.3. The first-order valence-corrected chi connectivity index (χ1v) is 11.0. The van der Waals surface area contributed by atoms with Crippen molar-refractivity contribution in [2.24, 2.45) is 29.6 Å². The maximum absolute atomic E-state index is 13.3. The van der Waals surface area contributed by atoms with E-state index >= 15 is 0 Å². The molecule has 2 aliphatic carbocycles. The van der Waals surface area contributed by atoms with E-state index in [0.29, 0.717) is 29.9 Å². The summed E-state index contributed by atoms with van der Waals surface area (Å²) < 4.78 is 11.1. The quantitative estimate of drug-likeness (QED) is 0.541. The lowest BCUT2D eigenvalue weighted by Crippen LogP contribution is -2.43. The fourth-order valence-electron chi connectivity index (χ4n) is 6.46. The molecule has 9 nitrogen and oxygen atoms in total. The number of ether oxygens (including phenoxy) is 2. The smallest absolute Gasteiger partial charge is 0.233 e. The lowest BCUT2D eigenvalue weighted by molar-refractivity contribution is -0.140. The second-order valence-electron chi connectivity index (χ2n) is 9.26. The Balaban J connectivity index is 1.74. The van der Waals surface area contributed by atoms with Crippen molar-refractivity contribution < 1.29 is 33.8 Å². The molecule has 4 aliphatic rings. The number of amides is 4. The number of rotatable bonds is 3. The number of likely N-dealkylation sites (tertiary alicyclic amines) is 2. The highest BCUT2D eigenvalue weighted by Gasteiger charge is 2.61. The van der Waals surface area contributed by atoms with Crippen molar-refractivity contribution in [3.05, 3.63) is 29.3 Å². The monoisotopic (exact) mass is 454 g/mol. The Morgan fingerprint density at radius 2 is 1.36 bits per heavy atom. The molecule has 0 aromatic heterocycles. The van der Waals surface area contributed by atoms with Crippen LogP contribution in [0.1, 0.15) is 24.3 Å². The van der Waals surface area contributed by atoms with Crippen LogP contribution in [-0.4, -0.2) is 66.9 Å². The van der Waals surface area contributed by atoms with Crippen LogP contribution in [0.25, 0.3) is 0 Å². The first-order valence-electron chi connectivity index (χ1n) is 11.0. The molecule has 5 rings (SSSR count). The van der Waals surface area contributed by atoms with Crippen molar-refractivity contribution in [2.45, 2.75) is 18.8 Å².